The van der Waals surface area contributed by atoms with Crippen molar-refractivity contribution in [2.45, 2.75) is 18.4 Å². The van der Waals surface area contributed by atoms with Gasteiger partial charge >= 0.3 is 0 Å². The highest BCUT2D eigenvalue weighted by Crippen LogP contribution is 2.18. The maximum absolute atomic E-state index is 13.1. The third kappa shape index (κ3) is 4.91. The van der Waals surface area contributed by atoms with Crippen LogP contribution in [0.3, 0.4) is 0 Å². The fourth-order valence-corrected chi connectivity index (χ4v) is 3.78. The van der Waals surface area contributed by atoms with Gasteiger partial charge in [-0.25, -0.2) is 12.7 Å². The number of hydrogen-bond acceptors (Lipinski definition) is 2. The molecular formula is C22H18ClNO2S. The molecule has 0 unspecified atom stereocenters. The molecule has 0 fully saturated rings. The predicted molar refractivity (Wildman–Crippen MR) is 109 cm³/mol. The van der Waals surface area contributed by atoms with Crippen LogP contribution in [0.5, 0.6) is 0 Å². The molecule has 27 heavy (non-hydrogen) atoms. The monoisotopic (exact) mass is 395 g/mol. The molecule has 0 aliphatic heterocycles. The van der Waals surface area contributed by atoms with Crippen molar-refractivity contribution < 1.29 is 8.42 Å². The van der Waals surface area contributed by atoms with Crippen LogP contribution in [0.4, 0.5) is 0 Å². The summed E-state index contributed by atoms with van der Waals surface area (Å²) in [6.45, 7) is 2.08. The van der Waals surface area contributed by atoms with E-state index < -0.39 is 10.0 Å². The van der Waals surface area contributed by atoms with Crippen LogP contribution in [0.1, 0.15) is 16.7 Å². The Morgan fingerprint density at radius 2 is 1.52 bits per heavy atom. The Morgan fingerprint density at radius 1 is 0.889 bits per heavy atom. The van der Waals surface area contributed by atoms with Crippen LogP contribution in [0.25, 0.3) is 0 Å². The summed E-state index contributed by atoms with van der Waals surface area (Å²) in [6, 6.07) is 25.9. The summed E-state index contributed by atoms with van der Waals surface area (Å²) in [7, 11) is -3.76. The molecule has 0 N–H and O–H groups in total. The zero-order valence-electron chi connectivity index (χ0n) is 14.8. The van der Waals surface area contributed by atoms with Crippen molar-refractivity contribution in [3.8, 4) is 12.0 Å². The average molecular weight is 396 g/mol. The lowest BCUT2D eigenvalue weighted by molar-refractivity contribution is 0.508. The summed E-state index contributed by atoms with van der Waals surface area (Å²) in [6.07, 6.45) is 0. The number of aryl methyl sites for hydroxylation is 1. The first-order valence-electron chi connectivity index (χ1n) is 8.36. The topological polar surface area (TPSA) is 37.4 Å². The van der Waals surface area contributed by atoms with Gasteiger partial charge in [0.2, 0.25) is 0 Å². The molecule has 0 amide bonds. The lowest BCUT2D eigenvalue weighted by Gasteiger charge is -2.18. The van der Waals surface area contributed by atoms with Crippen LogP contribution < -0.4 is 0 Å². The highest BCUT2D eigenvalue weighted by Gasteiger charge is 2.22. The van der Waals surface area contributed by atoms with Gasteiger partial charge in [0, 0.05) is 16.6 Å². The van der Waals surface area contributed by atoms with Gasteiger partial charge in [-0.2, -0.15) is 0 Å². The Balaban J connectivity index is 1.99. The van der Waals surface area contributed by atoms with Crippen molar-refractivity contribution in [2.24, 2.45) is 0 Å². The number of nitrogens with zero attached hydrogens (tertiary/aromatic N) is 1. The minimum Gasteiger partial charge on any atom is -0.220 e. The van der Waals surface area contributed by atoms with Crippen molar-refractivity contribution in [1.29, 1.82) is 0 Å². The Bertz CT molecular complexity index is 1070. The molecule has 0 atom stereocenters. The molecule has 0 aliphatic carbocycles. The van der Waals surface area contributed by atoms with E-state index in [0.29, 0.717) is 10.6 Å². The first-order valence-corrected chi connectivity index (χ1v) is 10.2. The number of benzene rings is 3. The van der Waals surface area contributed by atoms with Crippen LogP contribution in [0.2, 0.25) is 5.02 Å². The first kappa shape index (κ1) is 19.0. The van der Waals surface area contributed by atoms with Crippen LogP contribution in [-0.2, 0) is 16.6 Å². The minimum absolute atomic E-state index is 0.164. The van der Waals surface area contributed by atoms with Gasteiger partial charge in [-0.1, -0.05) is 59.6 Å². The molecular weight excluding hydrogens is 378 g/mol. The van der Waals surface area contributed by atoms with Gasteiger partial charge in [0.15, 0.2) is 0 Å². The summed E-state index contributed by atoms with van der Waals surface area (Å²) in [5, 5.41) is 0.606. The molecule has 0 saturated carbocycles. The second kappa shape index (κ2) is 8.30. The second-order valence-electron chi connectivity index (χ2n) is 6.05. The van der Waals surface area contributed by atoms with E-state index in [1.54, 1.807) is 48.5 Å². The van der Waals surface area contributed by atoms with Gasteiger partial charge in [-0.3, -0.25) is 0 Å². The number of hydrogen-bond donors (Lipinski definition) is 0. The second-order valence-corrected chi connectivity index (χ2v) is 8.35. The minimum atomic E-state index is -3.76. The summed E-state index contributed by atoms with van der Waals surface area (Å²) in [4.78, 5) is 0.217. The third-order valence-corrected chi connectivity index (χ3v) is 5.87. The van der Waals surface area contributed by atoms with Crippen molar-refractivity contribution >= 4 is 21.6 Å². The number of sulfonamides is 1. The molecule has 0 radical (unpaired) electrons. The molecule has 0 spiro atoms. The molecule has 3 nitrogen and oxygen atoms in total. The van der Waals surface area contributed by atoms with E-state index in [4.69, 9.17) is 11.6 Å². The fourth-order valence-electron chi connectivity index (χ4n) is 2.43. The van der Waals surface area contributed by atoms with Gasteiger partial charge in [-0.05, 0) is 54.8 Å². The summed E-state index contributed by atoms with van der Waals surface area (Å²) in [5.41, 5.74) is 2.55. The van der Waals surface area contributed by atoms with Gasteiger partial charge in [0.1, 0.15) is 0 Å². The highest BCUT2D eigenvalue weighted by atomic mass is 35.5. The third-order valence-electron chi connectivity index (χ3n) is 3.95. The Morgan fingerprint density at radius 3 is 2.15 bits per heavy atom. The number of rotatable bonds is 4. The SMILES string of the molecule is Cc1ccc(S(=O)(=O)N(C#Cc2ccc(Cl)cc2)Cc2ccccc2)cc1. The molecule has 0 aromatic heterocycles. The average Bonchev–Trinajstić information content (AvgIpc) is 2.67. The zero-order valence-corrected chi connectivity index (χ0v) is 16.3. The Hall–Kier alpha value is -2.74. The Kier molecular flexibility index (Phi) is 5.85. The van der Waals surface area contributed by atoms with Crippen LogP contribution in [0, 0.1) is 18.9 Å². The summed E-state index contributed by atoms with van der Waals surface area (Å²) >= 11 is 5.89. The van der Waals surface area contributed by atoms with Crippen LogP contribution in [0.15, 0.2) is 83.8 Å². The largest absolute Gasteiger partial charge is 0.271 e. The van der Waals surface area contributed by atoms with Gasteiger partial charge in [-0.15, -0.1) is 0 Å². The van der Waals surface area contributed by atoms with E-state index in [0.717, 1.165) is 11.1 Å². The smallest absolute Gasteiger partial charge is 0.220 e. The first-order chi connectivity index (χ1) is 12.9. The van der Waals surface area contributed by atoms with E-state index in [1.165, 1.54) is 4.31 Å². The maximum atomic E-state index is 13.1. The summed E-state index contributed by atoms with van der Waals surface area (Å²) in [5.74, 6) is 2.92. The van der Waals surface area contributed by atoms with Crippen molar-refractivity contribution in [1.82, 2.24) is 4.31 Å². The molecule has 3 aromatic carbocycles. The molecule has 0 aliphatic rings. The quantitative estimate of drug-likeness (QED) is 0.468. The fraction of sp³-hybridized carbons (Fsp3) is 0.0909. The van der Waals surface area contributed by atoms with E-state index in [-0.39, 0.29) is 11.4 Å². The van der Waals surface area contributed by atoms with E-state index >= 15 is 0 Å². The lowest BCUT2D eigenvalue weighted by atomic mass is 10.2. The van der Waals surface area contributed by atoms with Gasteiger partial charge < -0.3 is 0 Å². The van der Waals surface area contributed by atoms with Gasteiger partial charge in [0.05, 0.1) is 11.4 Å². The molecule has 0 bridgehead atoms. The molecule has 3 rings (SSSR count). The lowest BCUT2D eigenvalue weighted by Crippen LogP contribution is -2.26. The number of halogens is 1. The molecule has 0 saturated heterocycles. The molecule has 3 aromatic rings. The van der Waals surface area contributed by atoms with Crippen LogP contribution in [-0.4, -0.2) is 12.7 Å². The van der Waals surface area contributed by atoms with Crippen molar-refractivity contribution in [3.05, 3.63) is 101 Å². The standard InChI is InChI=1S/C22H18ClNO2S/c1-18-7-13-22(14-8-18)27(25,26)24(17-20-5-3-2-4-6-20)16-15-19-9-11-21(23)12-10-19/h2-14H,17H2,1H3. The van der Waals surface area contributed by atoms with Crippen molar-refractivity contribution in [3.63, 3.8) is 0 Å². The molecule has 5 heteroatoms. The van der Waals surface area contributed by atoms with Crippen molar-refractivity contribution in [2.75, 3.05) is 0 Å². The highest BCUT2D eigenvalue weighted by molar-refractivity contribution is 7.89. The molecule has 136 valence electrons. The summed E-state index contributed by atoms with van der Waals surface area (Å²) < 4.78 is 27.4. The molecule has 0 heterocycles. The van der Waals surface area contributed by atoms with Gasteiger partial charge in [0.25, 0.3) is 10.0 Å². The van der Waals surface area contributed by atoms with E-state index in [2.05, 4.69) is 12.0 Å². The predicted octanol–water partition coefficient (Wildman–Crippen LogP) is 4.85. The normalized spacial score (nSPS) is 10.7. The van der Waals surface area contributed by atoms with E-state index in [1.807, 2.05) is 37.3 Å². The zero-order chi connectivity index (χ0) is 19.3. The Labute approximate surface area is 165 Å². The van der Waals surface area contributed by atoms with Crippen LogP contribution >= 0.6 is 11.6 Å². The van der Waals surface area contributed by atoms with E-state index in [9.17, 15) is 8.42 Å². The maximum Gasteiger partial charge on any atom is 0.271 e.